The molecule has 0 unspecified atom stereocenters. The third kappa shape index (κ3) is 2.58. The summed E-state index contributed by atoms with van der Waals surface area (Å²) in [5, 5.41) is 8.37. The van der Waals surface area contributed by atoms with Crippen molar-refractivity contribution in [3.63, 3.8) is 0 Å². The molecule has 24 heavy (non-hydrogen) atoms. The molecule has 0 aliphatic rings. The summed E-state index contributed by atoms with van der Waals surface area (Å²) >= 11 is 0. The van der Waals surface area contributed by atoms with E-state index in [4.69, 9.17) is 0 Å². The second kappa shape index (κ2) is 6.30. The quantitative estimate of drug-likeness (QED) is 0.402. The van der Waals surface area contributed by atoms with Crippen molar-refractivity contribution in [3.05, 3.63) is 60.2 Å². The monoisotopic (exact) mass is 495 g/mol. The second-order valence-electron chi connectivity index (χ2n) is 5.65. The molecule has 2 aromatic heterocycles. The fourth-order valence-electron chi connectivity index (χ4n) is 2.81. The van der Waals surface area contributed by atoms with E-state index in [0.29, 0.717) is 0 Å². The zero-order chi connectivity index (χ0) is 16.0. The Balaban J connectivity index is 0.00000169. The van der Waals surface area contributed by atoms with Crippen LogP contribution in [0.3, 0.4) is 0 Å². The van der Waals surface area contributed by atoms with E-state index in [9.17, 15) is 0 Å². The van der Waals surface area contributed by atoms with Crippen molar-refractivity contribution in [1.29, 1.82) is 0 Å². The summed E-state index contributed by atoms with van der Waals surface area (Å²) in [7, 11) is 2.01. The predicted molar refractivity (Wildman–Crippen MR) is 89.4 cm³/mol. The van der Waals surface area contributed by atoms with E-state index in [1.54, 1.807) is 6.33 Å². The Hall–Kier alpha value is -2.30. The maximum absolute atomic E-state index is 4.59. The summed E-state index contributed by atoms with van der Waals surface area (Å²) in [6.07, 6.45) is 1.74. The predicted octanol–water partition coefficient (Wildman–Crippen LogP) is 3.24. The van der Waals surface area contributed by atoms with Gasteiger partial charge in [0.15, 0.2) is 0 Å². The van der Waals surface area contributed by atoms with Crippen LogP contribution in [0.2, 0.25) is 0 Å². The van der Waals surface area contributed by atoms with Gasteiger partial charge in [-0.3, -0.25) is 4.98 Å². The zero-order valence-corrected chi connectivity index (χ0v) is 16.0. The number of hydrogen-bond donors (Lipinski definition) is 0. The van der Waals surface area contributed by atoms with Gasteiger partial charge in [-0.25, -0.2) is 0 Å². The number of nitrogens with zero attached hydrogens (tertiary/aromatic N) is 5. The van der Waals surface area contributed by atoms with Crippen LogP contribution in [0, 0.1) is 19.9 Å². The van der Waals surface area contributed by atoms with Gasteiger partial charge in [-0.05, 0) is 31.0 Å². The van der Waals surface area contributed by atoms with E-state index in [0.717, 1.165) is 33.9 Å². The molecule has 123 valence electrons. The Bertz CT molecular complexity index is 1020. The molecule has 0 fully saturated rings. The van der Waals surface area contributed by atoms with Gasteiger partial charge in [0.2, 0.25) is 0 Å². The van der Waals surface area contributed by atoms with E-state index in [2.05, 4.69) is 44.9 Å². The molecule has 4 aromatic rings. The Morgan fingerprint density at radius 3 is 2.71 bits per heavy atom. The number of benzene rings is 2. The number of aromatic nitrogens is 5. The fourth-order valence-corrected chi connectivity index (χ4v) is 2.81. The summed E-state index contributed by atoms with van der Waals surface area (Å²) in [5.41, 5.74) is 5.13. The van der Waals surface area contributed by atoms with Gasteiger partial charge in [0.1, 0.15) is 6.33 Å². The zero-order valence-electron chi connectivity index (χ0n) is 13.6. The molecule has 6 heteroatoms. The van der Waals surface area contributed by atoms with Gasteiger partial charge in [-0.2, -0.15) is 5.10 Å². The molecule has 0 bridgehead atoms. The molecule has 1 radical (unpaired) electrons. The topological polar surface area (TPSA) is 48.5 Å². The molecule has 0 saturated carbocycles. The van der Waals surface area contributed by atoms with Crippen molar-refractivity contribution < 1.29 is 20.1 Å². The summed E-state index contributed by atoms with van der Waals surface area (Å²) in [5.74, 6) is 1.75. The molecule has 2 aromatic carbocycles. The van der Waals surface area contributed by atoms with Crippen LogP contribution in [-0.4, -0.2) is 24.3 Å². The minimum atomic E-state index is 0. The van der Waals surface area contributed by atoms with E-state index >= 15 is 0 Å². The van der Waals surface area contributed by atoms with E-state index in [-0.39, 0.29) is 20.1 Å². The maximum atomic E-state index is 4.59. The maximum Gasteiger partial charge on any atom is 0.114 e. The molecule has 0 aliphatic heterocycles. The molecule has 0 spiro atoms. The Kier molecular flexibility index (Phi) is 4.35. The molecule has 2 heterocycles. The first-order chi connectivity index (χ1) is 11.1. The molecule has 5 nitrogen and oxygen atoms in total. The van der Waals surface area contributed by atoms with Gasteiger partial charge in [0, 0.05) is 38.4 Å². The number of para-hydroxylation sites is 1. The van der Waals surface area contributed by atoms with Crippen LogP contribution in [0.4, 0.5) is 0 Å². The smallest absolute Gasteiger partial charge is 0.114 e. The SMILES string of the molecule is Cc1ccccc1-n1cnnc1-c1[c-]cc2c(c1)nc(C)n2C.[Ir]. The number of rotatable bonds is 2. The van der Waals surface area contributed by atoms with Gasteiger partial charge in [0.25, 0.3) is 0 Å². The summed E-state index contributed by atoms with van der Waals surface area (Å²) in [4.78, 5) is 4.59. The van der Waals surface area contributed by atoms with Crippen molar-refractivity contribution in [2.45, 2.75) is 13.8 Å². The molecule has 0 amide bonds. The summed E-state index contributed by atoms with van der Waals surface area (Å²) in [6.45, 7) is 4.07. The van der Waals surface area contributed by atoms with E-state index in [1.807, 2.05) is 42.8 Å². The standard InChI is InChI=1S/C18H16N5.Ir/c1-12-6-4-5-7-16(12)23-11-19-21-18(23)14-8-9-17-15(10-14)20-13(2)22(17)3;/h4-7,9-11H,1-3H3;/q-1;. The van der Waals surface area contributed by atoms with Crippen LogP contribution in [0.1, 0.15) is 11.4 Å². The van der Waals surface area contributed by atoms with Crippen molar-refractivity contribution in [2.24, 2.45) is 7.05 Å². The van der Waals surface area contributed by atoms with E-state index < -0.39 is 0 Å². The van der Waals surface area contributed by atoms with Gasteiger partial charge < -0.3 is 9.13 Å². The van der Waals surface area contributed by atoms with Gasteiger partial charge in [-0.15, -0.1) is 28.9 Å². The summed E-state index contributed by atoms with van der Waals surface area (Å²) < 4.78 is 4.05. The molecule has 0 N–H and O–H groups in total. The number of imidazole rings is 1. The van der Waals surface area contributed by atoms with Gasteiger partial charge in [0.05, 0.1) is 11.6 Å². The van der Waals surface area contributed by atoms with Crippen LogP contribution in [0.15, 0.2) is 42.7 Å². The molecule has 0 saturated heterocycles. The Morgan fingerprint density at radius 1 is 1.12 bits per heavy atom. The second-order valence-corrected chi connectivity index (χ2v) is 5.65. The number of aryl methyl sites for hydroxylation is 3. The Morgan fingerprint density at radius 2 is 1.92 bits per heavy atom. The molecular formula is C18H16IrN5-. The van der Waals surface area contributed by atoms with Crippen LogP contribution in [-0.2, 0) is 27.2 Å². The molecule has 4 rings (SSSR count). The van der Waals surface area contributed by atoms with Crippen LogP contribution in [0.25, 0.3) is 28.1 Å². The Labute approximate surface area is 153 Å². The largest absolute Gasteiger partial charge is 0.371 e. The van der Waals surface area contributed by atoms with Crippen molar-refractivity contribution in [2.75, 3.05) is 0 Å². The first-order valence-corrected chi connectivity index (χ1v) is 7.46. The van der Waals surface area contributed by atoms with Crippen molar-refractivity contribution >= 4 is 11.0 Å². The fraction of sp³-hybridized carbons (Fsp3) is 0.167. The molecular weight excluding hydrogens is 478 g/mol. The average molecular weight is 495 g/mol. The van der Waals surface area contributed by atoms with Crippen LogP contribution < -0.4 is 0 Å². The summed E-state index contributed by atoms with van der Waals surface area (Å²) in [6, 6.07) is 15.5. The van der Waals surface area contributed by atoms with Gasteiger partial charge >= 0.3 is 0 Å². The number of fused-ring (bicyclic) bond motifs is 1. The minimum Gasteiger partial charge on any atom is -0.371 e. The first-order valence-electron chi connectivity index (χ1n) is 7.46. The van der Waals surface area contributed by atoms with Crippen molar-refractivity contribution in [1.82, 2.24) is 24.3 Å². The third-order valence-electron chi connectivity index (χ3n) is 4.20. The van der Waals surface area contributed by atoms with Gasteiger partial charge in [-0.1, -0.05) is 18.2 Å². The third-order valence-corrected chi connectivity index (χ3v) is 4.20. The minimum absolute atomic E-state index is 0. The van der Waals surface area contributed by atoms with Crippen LogP contribution >= 0.6 is 0 Å². The molecule has 0 aliphatic carbocycles. The number of hydrogen-bond acceptors (Lipinski definition) is 3. The first kappa shape index (κ1) is 16.6. The average Bonchev–Trinajstić information content (AvgIpc) is 3.13. The van der Waals surface area contributed by atoms with E-state index in [1.165, 1.54) is 5.56 Å². The normalized spacial score (nSPS) is 10.8. The van der Waals surface area contributed by atoms with Crippen LogP contribution in [0.5, 0.6) is 0 Å². The molecule has 0 atom stereocenters. The van der Waals surface area contributed by atoms with Crippen molar-refractivity contribution in [3.8, 4) is 17.1 Å².